The molecular formula is C34H30O7. The topological polar surface area (TPSA) is 96.0 Å². The molecule has 0 aliphatic carbocycles. The highest BCUT2D eigenvalue weighted by atomic mass is 16.6. The van der Waals surface area contributed by atoms with E-state index in [1.54, 1.807) is 137 Å². The molecule has 0 spiro atoms. The second kappa shape index (κ2) is 12.0. The molecule has 4 rings (SSSR count). The molecule has 0 unspecified atom stereocenters. The van der Waals surface area contributed by atoms with Crippen molar-refractivity contribution in [3.63, 3.8) is 0 Å². The third-order valence-electron chi connectivity index (χ3n) is 6.28. The van der Waals surface area contributed by atoms with E-state index >= 15 is 0 Å². The van der Waals surface area contributed by atoms with Crippen LogP contribution in [0, 0.1) is 0 Å². The van der Waals surface area contributed by atoms with Crippen LogP contribution < -0.4 is 4.74 Å². The Morgan fingerprint density at radius 3 is 1.07 bits per heavy atom. The van der Waals surface area contributed by atoms with E-state index in [0.29, 0.717) is 33.8 Å². The summed E-state index contributed by atoms with van der Waals surface area (Å²) in [6.45, 7) is 6.20. The summed E-state index contributed by atoms with van der Waals surface area (Å²) in [4.78, 5) is 51.0. The maximum atomic E-state index is 13.1. The van der Waals surface area contributed by atoms with Gasteiger partial charge in [-0.3, -0.25) is 9.59 Å². The van der Waals surface area contributed by atoms with Gasteiger partial charge in [-0.1, -0.05) is 36.4 Å². The summed E-state index contributed by atoms with van der Waals surface area (Å²) in [5.74, 6) is -0.931. The highest BCUT2D eigenvalue weighted by Gasteiger charge is 2.34. The Labute approximate surface area is 238 Å². The second-order valence-electron chi connectivity index (χ2n) is 10.3. The van der Waals surface area contributed by atoms with E-state index in [4.69, 9.17) is 14.2 Å². The van der Waals surface area contributed by atoms with Crippen LogP contribution in [-0.2, 0) is 9.47 Å². The van der Waals surface area contributed by atoms with Gasteiger partial charge in [0.15, 0.2) is 11.2 Å². The molecule has 0 saturated carbocycles. The zero-order chi connectivity index (χ0) is 29.6. The van der Waals surface area contributed by atoms with Crippen molar-refractivity contribution in [3.05, 3.63) is 131 Å². The summed E-state index contributed by atoms with van der Waals surface area (Å²) < 4.78 is 16.8. The van der Waals surface area contributed by atoms with E-state index < -0.39 is 23.1 Å². The number of hydrogen-bond donors (Lipinski definition) is 0. The highest BCUT2D eigenvalue weighted by molar-refractivity contribution is 6.05. The smallest absolute Gasteiger partial charge is 0.339 e. The Morgan fingerprint density at radius 2 is 0.756 bits per heavy atom. The van der Waals surface area contributed by atoms with Crippen molar-refractivity contribution in [1.29, 1.82) is 0 Å². The molecule has 0 aliphatic rings. The van der Waals surface area contributed by atoms with E-state index in [9.17, 15) is 19.2 Å². The molecular weight excluding hydrogens is 520 g/mol. The molecule has 0 heterocycles. The third-order valence-corrected chi connectivity index (χ3v) is 6.28. The van der Waals surface area contributed by atoms with Gasteiger partial charge in [-0.05, 0) is 100 Å². The normalized spacial score (nSPS) is 11.3. The minimum absolute atomic E-state index is 0.355. The number of ether oxygens (including phenoxy) is 3. The molecule has 0 aromatic heterocycles. The van der Waals surface area contributed by atoms with Crippen molar-refractivity contribution in [2.45, 2.75) is 38.9 Å². The van der Waals surface area contributed by atoms with Crippen molar-refractivity contribution in [2.75, 3.05) is 0 Å². The van der Waals surface area contributed by atoms with Gasteiger partial charge in [-0.15, -0.1) is 0 Å². The van der Waals surface area contributed by atoms with E-state index in [1.165, 1.54) is 0 Å². The molecule has 0 saturated heterocycles. The van der Waals surface area contributed by atoms with Gasteiger partial charge >= 0.3 is 11.9 Å². The van der Waals surface area contributed by atoms with E-state index in [2.05, 4.69) is 0 Å². The minimum Gasteiger partial charge on any atom is -0.457 e. The highest BCUT2D eigenvalue weighted by Crippen LogP contribution is 2.26. The first kappa shape index (κ1) is 29.0. The number of ketones is 2. The molecule has 0 aliphatic heterocycles. The number of benzene rings is 4. The average Bonchev–Trinajstić information content (AvgIpc) is 2.97. The first-order valence-electron chi connectivity index (χ1n) is 13.0. The van der Waals surface area contributed by atoms with E-state index in [-0.39, 0.29) is 11.6 Å². The summed E-state index contributed by atoms with van der Waals surface area (Å²) in [7, 11) is 0. The minimum atomic E-state index is -1.37. The fourth-order valence-corrected chi connectivity index (χ4v) is 4.00. The number of rotatable bonds is 10. The number of hydrogen-bond acceptors (Lipinski definition) is 7. The molecule has 0 atom stereocenters. The van der Waals surface area contributed by atoms with Crippen molar-refractivity contribution in [1.82, 2.24) is 0 Å². The molecule has 7 nitrogen and oxygen atoms in total. The van der Waals surface area contributed by atoms with Crippen molar-refractivity contribution in [2.24, 2.45) is 0 Å². The molecule has 0 N–H and O–H groups in total. The van der Waals surface area contributed by atoms with Gasteiger partial charge in [0.1, 0.15) is 11.5 Å². The lowest BCUT2D eigenvalue weighted by atomic mass is 9.96. The third kappa shape index (κ3) is 7.13. The van der Waals surface area contributed by atoms with Crippen LogP contribution in [0.3, 0.4) is 0 Å². The monoisotopic (exact) mass is 550 g/mol. The lowest BCUT2D eigenvalue weighted by Crippen LogP contribution is -2.37. The predicted octanol–water partition coefficient (Wildman–Crippen LogP) is 7.12. The van der Waals surface area contributed by atoms with Crippen LogP contribution >= 0.6 is 0 Å². The van der Waals surface area contributed by atoms with Gasteiger partial charge in [0.25, 0.3) is 0 Å². The largest absolute Gasteiger partial charge is 0.457 e. The van der Waals surface area contributed by atoms with Crippen LogP contribution in [0.2, 0.25) is 0 Å². The van der Waals surface area contributed by atoms with E-state index in [0.717, 1.165) is 0 Å². The number of carbonyl (C=O) groups is 4. The molecule has 0 amide bonds. The Hall–Kier alpha value is -5.04. The Morgan fingerprint density at radius 1 is 0.439 bits per heavy atom. The predicted molar refractivity (Wildman–Crippen MR) is 153 cm³/mol. The summed E-state index contributed by atoms with van der Waals surface area (Å²) in [6.07, 6.45) is 0. The summed E-state index contributed by atoms with van der Waals surface area (Å²) >= 11 is 0. The van der Waals surface area contributed by atoms with Gasteiger partial charge in [-0.25, -0.2) is 9.59 Å². The molecule has 208 valence electrons. The molecule has 0 radical (unpaired) electrons. The van der Waals surface area contributed by atoms with Crippen molar-refractivity contribution >= 4 is 23.5 Å². The lowest BCUT2D eigenvalue weighted by Gasteiger charge is -2.24. The maximum absolute atomic E-state index is 13.1. The zero-order valence-electron chi connectivity index (χ0n) is 23.3. The number of esters is 2. The standard InChI is InChI=1S/C34H30O7/c1-33(2,40-31(37)25-11-7-5-8-12-25)29(35)23-15-19-27(20-16-23)39-28-21-17-24(18-22-28)30(36)34(3,4)41-32(38)26-13-9-6-10-14-26/h5-22H,1-4H3. The van der Waals surface area contributed by atoms with Gasteiger partial charge in [-0.2, -0.15) is 0 Å². The number of carbonyl (C=O) groups excluding carboxylic acids is 4. The summed E-state index contributed by atoms with van der Waals surface area (Å²) in [5.41, 5.74) is -1.31. The fourth-order valence-electron chi connectivity index (χ4n) is 4.00. The molecule has 4 aromatic carbocycles. The molecule has 7 heteroatoms. The fraction of sp³-hybridized carbons (Fsp3) is 0.176. The molecule has 4 aromatic rings. The van der Waals surface area contributed by atoms with Gasteiger partial charge in [0.05, 0.1) is 11.1 Å². The van der Waals surface area contributed by atoms with Gasteiger partial charge in [0.2, 0.25) is 11.6 Å². The number of Topliss-reactive ketones (excluding diaryl/α,β-unsaturated/α-hetero) is 2. The van der Waals surface area contributed by atoms with Crippen molar-refractivity contribution in [3.8, 4) is 11.5 Å². The Kier molecular flexibility index (Phi) is 8.48. The SMILES string of the molecule is CC(C)(OC(=O)c1ccccc1)C(=O)c1ccc(Oc2ccc(C(=O)C(C)(C)OC(=O)c3ccccc3)cc2)cc1. The van der Waals surface area contributed by atoms with Crippen molar-refractivity contribution < 1.29 is 33.4 Å². The molecule has 41 heavy (non-hydrogen) atoms. The molecule has 0 bridgehead atoms. The maximum Gasteiger partial charge on any atom is 0.339 e. The first-order chi connectivity index (χ1) is 19.5. The van der Waals surface area contributed by atoms with Crippen LogP contribution in [0.1, 0.15) is 69.1 Å². The van der Waals surface area contributed by atoms with E-state index in [1.807, 2.05) is 0 Å². The van der Waals surface area contributed by atoms with Crippen LogP contribution in [-0.4, -0.2) is 34.7 Å². The zero-order valence-corrected chi connectivity index (χ0v) is 23.3. The lowest BCUT2D eigenvalue weighted by molar-refractivity contribution is 0.00343. The Balaban J connectivity index is 1.37. The quantitative estimate of drug-likeness (QED) is 0.153. The van der Waals surface area contributed by atoms with Crippen LogP contribution in [0.5, 0.6) is 11.5 Å². The van der Waals surface area contributed by atoms with Gasteiger partial charge in [0, 0.05) is 11.1 Å². The van der Waals surface area contributed by atoms with Crippen LogP contribution in [0.25, 0.3) is 0 Å². The average molecular weight is 551 g/mol. The first-order valence-corrected chi connectivity index (χ1v) is 13.0. The second-order valence-corrected chi connectivity index (χ2v) is 10.3. The van der Waals surface area contributed by atoms with Gasteiger partial charge < -0.3 is 14.2 Å². The van der Waals surface area contributed by atoms with Crippen LogP contribution in [0.4, 0.5) is 0 Å². The molecule has 0 fully saturated rings. The summed E-state index contributed by atoms with van der Waals surface area (Å²) in [6, 6.07) is 29.9. The Bertz CT molecular complexity index is 1420. The van der Waals surface area contributed by atoms with Crippen LogP contribution in [0.15, 0.2) is 109 Å². The summed E-state index contributed by atoms with van der Waals surface area (Å²) in [5, 5.41) is 0.